The normalized spacial score (nSPS) is 21.5. The minimum Gasteiger partial charge on any atom is -0.345 e. The van der Waals surface area contributed by atoms with Gasteiger partial charge in [0.2, 0.25) is 5.91 Å². The quantitative estimate of drug-likeness (QED) is 0.656. The van der Waals surface area contributed by atoms with Crippen molar-refractivity contribution in [3.05, 3.63) is 41.6 Å². The maximum Gasteiger partial charge on any atom is 0.231 e. The summed E-state index contributed by atoms with van der Waals surface area (Å²) >= 11 is 0. The molecule has 6 nitrogen and oxygen atoms in total. The van der Waals surface area contributed by atoms with E-state index in [4.69, 9.17) is 11.8 Å². The summed E-state index contributed by atoms with van der Waals surface area (Å²) in [4.78, 5) is 21.5. The standard InChI is InChI=1S/C18H19N5O/c1-5-13-7-6-8-14(9-13)15(11-20-3)21-12-18(2)10-16(24)23(4)17(19)22-18/h1,6-9,11-12H,3,10H2,2,4H3,(H2,19,22)/b15-11-,21-12+/t18-/m0/s1. The molecule has 6 heteroatoms. The summed E-state index contributed by atoms with van der Waals surface area (Å²) in [6.07, 6.45) is 8.77. The van der Waals surface area contributed by atoms with E-state index in [1.54, 1.807) is 13.3 Å². The number of hydrogen-bond acceptors (Lipinski definition) is 4. The van der Waals surface area contributed by atoms with Gasteiger partial charge in [-0.05, 0) is 25.8 Å². The highest BCUT2D eigenvalue weighted by Gasteiger charge is 2.35. The van der Waals surface area contributed by atoms with Crippen molar-refractivity contribution in [2.75, 3.05) is 7.05 Å². The van der Waals surface area contributed by atoms with E-state index in [1.807, 2.05) is 31.2 Å². The lowest BCUT2D eigenvalue weighted by Gasteiger charge is -2.36. The molecule has 1 heterocycles. The number of guanidine groups is 1. The zero-order valence-electron chi connectivity index (χ0n) is 13.7. The predicted octanol–water partition coefficient (Wildman–Crippen LogP) is 1.88. The van der Waals surface area contributed by atoms with E-state index in [9.17, 15) is 4.79 Å². The van der Waals surface area contributed by atoms with Crippen LogP contribution < -0.4 is 5.32 Å². The highest BCUT2D eigenvalue weighted by molar-refractivity contribution is 6.02. The number of nitrogens with zero attached hydrogens (tertiary/aromatic N) is 3. The molecule has 2 rings (SSSR count). The number of aliphatic imine (C=N–C) groups is 2. The van der Waals surface area contributed by atoms with Crippen LogP contribution in [0.15, 0.2) is 40.5 Å². The number of terminal acetylenes is 1. The smallest absolute Gasteiger partial charge is 0.231 e. The fourth-order valence-electron chi connectivity index (χ4n) is 2.28. The molecule has 0 radical (unpaired) electrons. The zero-order valence-corrected chi connectivity index (χ0v) is 13.7. The number of rotatable bonds is 4. The Morgan fingerprint density at radius 3 is 2.96 bits per heavy atom. The molecule has 0 aromatic heterocycles. The number of nitrogens with one attached hydrogen (secondary N) is 2. The topological polar surface area (TPSA) is 80.9 Å². The van der Waals surface area contributed by atoms with Crippen molar-refractivity contribution < 1.29 is 4.79 Å². The molecule has 0 aliphatic carbocycles. The molecule has 1 aromatic rings. The van der Waals surface area contributed by atoms with Crippen LogP contribution >= 0.6 is 0 Å². The van der Waals surface area contributed by atoms with Crippen molar-refractivity contribution >= 4 is 30.5 Å². The van der Waals surface area contributed by atoms with Gasteiger partial charge in [-0.3, -0.25) is 25.1 Å². The Morgan fingerprint density at radius 1 is 1.58 bits per heavy atom. The molecule has 2 N–H and O–H groups in total. The Labute approximate surface area is 141 Å². The fraction of sp³-hybridized carbons (Fsp3) is 0.222. The van der Waals surface area contributed by atoms with Gasteiger partial charge in [0.15, 0.2) is 5.96 Å². The average Bonchev–Trinajstić information content (AvgIpc) is 2.56. The van der Waals surface area contributed by atoms with Gasteiger partial charge >= 0.3 is 0 Å². The second kappa shape index (κ2) is 6.92. The van der Waals surface area contributed by atoms with Crippen LogP contribution in [0, 0.1) is 17.8 Å². The second-order valence-corrected chi connectivity index (χ2v) is 5.70. The van der Waals surface area contributed by atoms with Gasteiger partial charge in [-0.15, -0.1) is 6.42 Å². The zero-order chi connectivity index (χ0) is 17.7. The van der Waals surface area contributed by atoms with Crippen LogP contribution in [0.1, 0.15) is 24.5 Å². The van der Waals surface area contributed by atoms with Crippen molar-refractivity contribution in [3.8, 4) is 12.3 Å². The highest BCUT2D eigenvalue weighted by Crippen LogP contribution is 2.20. The van der Waals surface area contributed by atoms with Gasteiger partial charge in [-0.2, -0.15) is 0 Å². The van der Waals surface area contributed by atoms with E-state index in [-0.39, 0.29) is 18.3 Å². The van der Waals surface area contributed by atoms with Gasteiger partial charge in [0.1, 0.15) is 0 Å². The van der Waals surface area contributed by atoms with E-state index < -0.39 is 5.54 Å². The number of amides is 1. The summed E-state index contributed by atoms with van der Waals surface area (Å²) in [6, 6.07) is 7.36. The molecule has 1 aliphatic rings. The molecule has 1 amide bonds. The van der Waals surface area contributed by atoms with Crippen LogP contribution in [0.4, 0.5) is 0 Å². The first kappa shape index (κ1) is 17.2. The van der Waals surface area contributed by atoms with Gasteiger partial charge in [0.25, 0.3) is 0 Å². The fourth-order valence-corrected chi connectivity index (χ4v) is 2.28. The molecule has 1 aliphatic heterocycles. The summed E-state index contributed by atoms with van der Waals surface area (Å²) in [5, 5.41) is 10.8. The van der Waals surface area contributed by atoms with Gasteiger partial charge in [-0.1, -0.05) is 18.1 Å². The van der Waals surface area contributed by atoms with Crippen LogP contribution in [0.5, 0.6) is 0 Å². The third kappa shape index (κ3) is 3.76. The minimum absolute atomic E-state index is 0.0434. The molecule has 1 aromatic carbocycles. The van der Waals surface area contributed by atoms with E-state index in [1.165, 1.54) is 11.1 Å². The lowest BCUT2D eigenvalue weighted by atomic mass is 9.96. The molecule has 1 saturated heterocycles. The Morgan fingerprint density at radius 2 is 2.33 bits per heavy atom. The Bertz CT molecular complexity index is 767. The van der Waals surface area contributed by atoms with Crippen LogP contribution in [0.3, 0.4) is 0 Å². The van der Waals surface area contributed by atoms with Gasteiger partial charge < -0.3 is 5.32 Å². The van der Waals surface area contributed by atoms with Gasteiger partial charge in [0, 0.05) is 24.4 Å². The first-order valence-corrected chi connectivity index (χ1v) is 7.30. The van der Waals surface area contributed by atoms with Gasteiger partial charge in [-0.25, -0.2) is 0 Å². The number of carbonyl (C=O) groups excluding carboxylic acids is 1. The van der Waals surface area contributed by atoms with Crippen molar-refractivity contribution in [2.24, 2.45) is 9.98 Å². The van der Waals surface area contributed by atoms with E-state index >= 15 is 0 Å². The molecular formula is C18H19N5O. The monoisotopic (exact) mass is 321 g/mol. The molecule has 24 heavy (non-hydrogen) atoms. The molecule has 1 atom stereocenters. The average molecular weight is 321 g/mol. The van der Waals surface area contributed by atoms with Crippen molar-refractivity contribution in [1.29, 1.82) is 5.41 Å². The van der Waals surface area contributed by atoms with Crippen LogP contribution in [0.25, 0.3) is 5.70 Å². The minimum atomic E-state index is -0.745. The first-order valence-electron chi connectivity index (χ1n) is 7.30. The molecule has 1 fully saturated rings. The molecule has 0 unspecified atom stereocenters. The first-order chi connectivity index (χ1) is 11.4. The maximum atomic E-state index is 12.0. The third-order valence-corrected chi connectivity index (χ3v) is 3.66. The largest absolute Gasteiger partial charge is 0.345 e. The Hall–Kier alpha value is -3.20. The van der Waals surface area contributed by atoms with Crippen molar-refractivity contribution in [2.45, 2.75) is 18.9 Å². The van der Waals surface area contributed by atoms with Crippen LogP contribution in [-0.4, -0.2) is 42.3 Å². The van der Waals surface area contributed by atoms with Gasteiger partial charge in [0.05, 0.1) is 23.9 Å². The van der Waals surface area contributed by atoms with E-state index in [2.05, 4.69) is 27.9 Å². The molecule has 0 spiro atoms. The lowest BCUT2D eigenvalue weighted by molar-refractivity contribution is -0.128. The maximum absolute atomic E-state index is 12.0. The Balaban J connectivity index is 2.31. The number of hydrogen-bond donors (Lipinski definition) is 2. The summed E-state index contributed by atoms with van der Waals surface area (Å²) in [5.74, 6) is 2.48. The van der Waals surface area contributed by atoms with Crippen molar-refractivity contribution in [3.63, 3.8) is 0 Å². The SMILES string of the molecule is C#Cc1cccc(C(=C/N=C)/N=C/[C@]2(C)CC(=O)N(C)C(=N)N2)c1. The number of carbonyl (C=O) groups is 1. The van der Waals surface area contributed by atoms with Crippen LogP contribution in [0.2, 0.25) is 0 Å². The second-order valence-electron chi connectivity index (χ2n) is 5.70. The lowest BCUT2D eigenvalue weighted by Crippen LogP contribution is -2.60. The summed E-state index contributed by atoms with van der Waals surface area (Å²) in [5.41, 5.74) is 1.36. The number of benzene rings is 1. The highest BCUT2D eigenvalue weighted by atomic mass is 16.2. The summed E-state index contributed by atoms with van der Waals surface area (Å²) in [7, 11) is 1.56. The molecule has 0 saturated carbocycles. The molecular weight excluding hydrogens is 302 g/mol. The summed E-state index contributed by atoms with van der Waals surface area (Å²) in [6.45, 7) is 5.28. The Kier molecular flexibility index (Phi) is 4.95. The molecule has 0 bridgehead atoms. The van der Waals surface area contributed by atoms with Crippen LogP contribution in [-0.2, 0) is 4.79 Å². The molecule has 122 valence electrons. The third-order valence-electron chi connectivity index (χ3n) is 3.66. The van der Waals surface area contributed by atoms with Crippen molar-refractivity contribution in [1.82, 2.24) is 10.2 Å². The van der Waals surface area contributed by atoms with E-state index in [0.717, 1.165) is 11.1 Å². The van der Waals surface area contributed by atoms with E-state index in [0.29, 0.717) is 5.70 Å². The summed E-state index contributed by atoms with van der Waals surface area (Å²) < 4.78 is 0. The predicted molar refractivity (Wildman–Crippen MR) is 97.0 cm³/mol.